The van der Waals surface area contributed by atoms with Crippen molar-refractivity contribution in [3.63, 3.8) is 0 Å². The van der Waals surface area contributed by atoms with E-state index in [1.54, 1.807) is 11.0 Å². The van der Waals surface area contributed by atoms with Crippen molar-refractivity contribution in [2.24, 2.45) is 0 Å². The molecule has 1 atom stereocenters. The smallest absolute Gasteiger partial charge is 0.328 e. The molecule has 0 aliphatic carbocycles. The first-order valence-corrected chi connectivity index (χ1v) is 6.34. The van der Waals surface area contributed by atoms with Gasteiger partial charge in [-0.2, -0.15) is 0 Å². The second kappa shape index (κ2) is 6.18. The molecule has 1 aromatic rings. The summed E-state index contributed by atoms with van der Waals surface area (Å²) >= 11 is 0. The predicted molar refractivity (Wildman–Crippen MR) is 72.2 cm³/mol. The van der Waals surface area contributed by atoms with Crippen molar-refractivity contribution in [1.29, 1.82) is 0 Å². The Labute approximate surface area is 112 Å². The number of amides is 1. The van der Waals surface area contributed by atoms with Crippen molar-refractivity contribution >= 4 is 18.0 Å². The van der Waals surface area contributed by atoms with Crippen LogP contribution in [0, 0.1) is 0 Å². The topological polar surface area (TPSA) is 46.6 Å². The lowest BCUT2D eigenvalue weighted by atomic mass is 10.2. The van der Waals surface area contributed by atoms with E-state index >= 15 is 0 Å². The molecule has 0 spiro atoms. The number of benzene rings is 1. The molecule has 1 fully saturated rings. The SMILES string of the molecule is COC(=O)[C@@H]1CCCN1C(=O)C=Cc1ccccc1. The van der Waals surface area contributed by atoms with E-state index in [0.29, 0.717) is 13.0 Å². The van der Waals surface area contributed by atoms with Crippen LogP contribution in [0.15, 0.2) is 36.4 Å². The Morgan fingerprint density at radius 1 is 1.32 bits per heavy atom. The number of hydrogen-bond acceptors (Lipinski definition) is 3. The highest BCUT2D eigenvalue weighted by Gasteiger charge is 2.33. The highest BCUT2D eigenvalue weighted by Crippen LogP contribution is 2.19. The van der Waals surface area contributed by atoms with Crippen molar-refractivity contribution in [2.75, 3.05) is 13.7 Å². The minimum atomic E-state index is -0.432. The first kappa shape index (κ1) is 13.3. The summed E-state index contributed by atoms with van der Waals surface area (Å²) < 4.78 is 4.72. The fourth-order valence-electron chi connectivity index (χ4n) is 2.24. The van der Waals surface area contributed by atoms with Crippen LogP contribution < -0.4 is 0 Å². The number of esters is 1. The largest absolute Gasteiger partial charge is 0.467 e. The number of rotatable bonds is 3. The molecular formula is C15H17NO3. The number of carbonyl (C=O) groups excluding carboxylic acids is 2. The van der Waals surface area contributed by atoms with Gasteiger partial charge in [-0.25, -0.2) is 4.79 Å². The molecule has 1 heterocycles. The Hall–Kier alpha value is -2.10. The van der Waals surface area contributed by atoms with Crippen LogP contribution in [0.1, 0.15) is 18.4 Å². The Morgan fingerprint density at radius 3 is 2.74 bits per heavy atom. The normalized spacial score (nSPS) is 18.8. The predicted octanol–water partition coefficient (Wildman–Crippen LogP) is 1.86. The quantitative estimate of drug-likeness (QED) is 0.615. The van der Waals surface area contributed by atoms with Gasteiger partial charge in [-0.15, -0.1) is 0 Å². The van der Waals surface area contributed by atoms with Crippen LogP contribution in [0.4, 0.5) is 0 Å². The third kappa shape index (κ3) is 3.22. The van der Waals surface area contributed by atoms with Crippen LogP contribution in [0.3, 0.4) is 0 Å². The number of nitrogens with zero attached hydrogens (tertiary/aromatic N) is 1. The Bertz CT molecular complexity index is 481. The average molecular weight is 259 g/mol. The van der Waals surface area contributed by atoms with Crippen LogP contribution >= 0.6 is 0 Å². The van der Waals surface area contributed by atoms with Gasteiger partial charge in [0.2, 0.25) is 5.91 Å². The van der Waals surface area contributed by atoms with E-state index in [1.807, 2.05) is 30.3 Å². The van der Waals surface area contributed by atoms with Gasteiger partial charge in [0, 0.05) is 12.6 Å². The summed E-state index contributed by atoms with van der Waals surface area (Å²) in [6, 6.07) is 9.16. The number of carbonyl (C=O) groups is 2. The molecule has 0 unspecified atom stereocenters. The van der Waals surface area contributed by atoms with Crippen LogP contribution in [-0.4, -0.2) is 36.5 Å². The molecule has 1 aliphatic heterocycles. The molecule has 1 amide bonds. The third-order valence-corrected chi connectivity index (χ3v) is 3.23. The minimum Gasteiger partial charge on any atom is -0.467 e. The second-order valence-electron chi connectivity index (χ2n) is 4.46. The molecule has 4 heteroatoms. The lowest BCUT2D eigenvalue weighted by Crippen LogP contribution is -2.40. The van der Waals surface area contributed by atoms with Gasteiger partial charge in [-0.05, 0) is 24.5 Å². The van der Waals surface area contributed by atoms with Crippen LogP contribution in [0.2, 0.25) is 0 Å². The minimum absolute atomic E-state index is 0.142. The Morgan fingerprint density at radius 2 is 2.05 bits per heavy atom. The summed E-state index contributed by atoms with van der Waals surface area (Å²) in [4.78, 5) is 25.2. The van der Waals surface area contributed by atoms with Gasteiger partial charge in [0.1, 0.15) is 6.04 Å². The molecule has 0 N–H and O–H groups in total. The van der Waals surface area contributed by atoms with Gasteiger partial charge in [0.25, 0.3) is 0 Å². The van der Waals surface area contributed by atoms with Gasteiger partial charge < -0.3 is 9.64 Å². The maximum atomic E-state index is 12.1. The number of likely N-dealkylation sites (tertiary alicyclic amines) is 1. The summed E-state index contributed by atoms with van der Waals surface area (Å²) in [5.41, 5.74) is 0.963. The number of ether oxygens (including phenoxy) is 1. The highest BCUT2D eigenvalue weighted by atomic mass is 16.5. The Kier molecular flexibility index (Phi) is 4.34. The molecule has 0 aromatic heterocycles. The highest BCUT2D eigenvalue weighted by molar-refractivity contribution is 5.95. The van der Waals surface area contributed by atoms with E-state index in [0.717, 1.165) is 12.0 Å². The summed E-state index contributed by atoms with van der Waals surface area (Å²) in [7, 11) is 1.35. The summed E-state index contributed by atoms with van der Waals surface area (Å²) in [5.74, 6) is -0.476. The van der Waals surface area contributed by atoms with E-state index in [9.17, 15) is 9.59 Å². The first-order chi connectivity index (χ1) is 9.22. The van der Waals surface area contributed by atoms with E-state index in [2.05, 4.69) is 0 Å². The lowest BCUT2D eigenvalue weighted by molar-refractivity contribution is -0.149. The van der Waals surface area contributed by atoms with Crippen molar-refractivity contribution in [3.05, 3.63) is 42.0 Å². The molecule has 19 heavy (non-hydrogen) atoms. The van der Waals surface area contributed by atoms with Crippen molar-refractivity contribution in [1.82, 2.24) is 4.90 Å². The van der Waals surface area contributed by atoms with Crippen molar-refractivity contribution in [3.8, 4) is 0 Å². The zero-order valence-electron chi connectivity index (χ0n) is 10.9. The molecule has 100 valence electrons. The monoisotopic (exact) mass is 259 g/mol. The van der Waals surface area contributed by atoms with Gasteiger partial charge in [0.05, 0.1) is 7.11 Å². The zero-order chi connectivity index (χ0) is 13.7. The van der Waals surface area contributed by atoms with Gasteiger partial charge in [-0.3, -0.25) is 4.79 Å². The van der Waals surface area contributed by atoms with E-state index in [4.69, 9.17) is 4.74 Å². The molecule has 1 aromatic carbocycles. The summed E-state index contributed by atoms with van der Waals surface area (Å²) in [6.07, 6.45) is 4.79. The van der Waals surface area contributed by atoms with Crippen molar-refractivity contribution in [2.45, 2.75) is 18.9 Å². The standard InChI is InChI=1S/C15H17NO3/c1-19-15(18)13-8-5-11-16(13)14(17)10-9-12-6-3-2-4-7-12/h2-4,6-7,9-10,13H,5,8,11H2,1H3/t13-/m0/s1. The molecule has 1 aliphatic rings. The zero-order valence-corrected chi connectivity index (χ0v) is 10.9. The number of hydrogen-bond donors (Lipinski definition) is 0. The van der Waals surface area contributed by atoms with Gasteiger partial charge in [0.15, 0.2) is 0 Å². The molecule has 2 rings (SSSR count). The molecule has 4 nitrogen and oxygen atoms in total. The van der Waals surface area contributed by atoms with Gasteiger partial charge >= 0.3 is 5.97 Å². The average Bonchev–Trinajstić information content (AvgIpc) is 2.94. The lowest BCUT2D eigenvalue weighted by Gasteiger charge is -2.20. The molecule has 0 radical (unpaired) electrons. The van der Waals surface area contributed by atoms with E-state index in [-0.39, 0.29) is 11.9 Å². The summed E-state index contributed by atoms with van der Waals surface area (Å²) in [6.45, 7) is 0.609. The first-order valence-electron chi connectivity index (χ1n) is 6.34. The Balaban J connectivity index is 2.03. The molecule has 0 saturated carbocycles. The molecule has 0 bridgehead atoms. The molecular weight excluding hydrogens is 242 g/mol. The third-order valence-electron chi connectivity index (χ3n) is 3.23. The van der Waals surface area contributed by atoms with Gasteiger partial charge in [-0.1, -0.05) is 30.3 Å². The fraction of sp³-hybridized carbons (Fsp3) is 0.333. The van der Waals surface area contributed by atoms with Crippen LogP contribution in [0.25, 0.3) is 6.08 Å². The summed E-state index contributed by atoms with van der Waals surface area (Å²) in [5, 5.41) is 0. The maximum absolute atomic E-state index is 12.1. The van der Waals surface area contributed by atoms with Crippen LogP contribution in [-0.2, 0) is 14.3 Å². The second-order valence-corrected chi connectivity index (χ2v) is 4.46. The molecule has 1 saturated heterocycles. The number of methoxy groups -OCH3 is 1. The fourth-order valence-corrected chi connectivity index (χ4v) is 2.24. The van der Waals surface area contributed by atoms with E-state index in [1.165, 1.54) is 13.2 Å². The van der Waals surface area contributed by atoms with Crippen LogP contribution in [0.5, 0.6) is 0 Å². The van der Waals surface area contributed by atoms with E-state index < -0.39 is 6.04 Å². The maximum Gasteiger partial charge on any atom is 0.328 e. The van der Waals surface area contributed by atoms with Crippen molar-refractivity contribution < 1.29 is 14.3 Å².